The van der Waals surface area contributed by atoms with Crippen molar-refractivity contribution in [3.8, 4) is 11.3 Å². The van der Waals surface area contributed by atoms with Crippen LogP contribution in [0.3, 0.4) is 0 Å². The van der Waals surface area contributed by atoms with Crippen molar-refractivity contribution in [1.29, 1.82) is 0 Å². The number of halogens is 1. The topological polar surface area (TPSA) is 66.7 Å². The fourth-order valence-electron chi connectivity index (χ4n) is 3.40. The predicted molar refractivity (Wildman–Crippen MR) is 135 cm³/mol. The van der Waals surface area contributed by atoms with Gasteiger partial charge in [-0.1, -0.05) is 23.7 Å². The van der Waals surface area contributed by atoms with Gasteiger partial charge in [-0.15, -0.1) is 0 Å². The van der Waals surface area contributed by atoms with Crippen molar-refractivity contribution in [3.63, 3.8) is 0 Å². The number of furan rings is 1. The Morgan fingerprint density at radius 2 is 1.76 bits per heavy atom. The molecule has 0 spiro atoms. The number of morpholine rings is 1. The second kappa shape index (κ2) is 11.2. The van der Waals surface area contributed by atoms with E-state index in [2.05, 4.69) is 27.7 Å². The molecule has 2 heterocycles. The first-order chi connectivity index (χ1) is 16.0. The summed E-state index contributed by atoms with van der Waals surface area (Å²) in [6.07, 6.45) is 2.97. The summed E-state index contributed by atoms with van der Waals surface area (Å²) >= 11 is 11.2. The molecule has 170 valence electrons. The maximum absolute atomic E-state index is 12.2. The Kier molecular flexibility index (Phi) is 7.91. The highest BCUT2D eigenvalue weighted by atomic mass is 35.5. The number of hydrogen-bond acceptors (Lipinski definition) is 5. The maximum atomic E-state index is 12.2. The minimum atomic E-state index is -0.346. The van der Waals surface area contributed by atoms with Gasteiger partial charge in [-0.25, -0.2) is 0 Å². The van der Waals surface area contributed by atoms with Crippen LogP contribution in [0.15, 0.2) is 71.2 Å². The zero-order valence-electron chi connectivity index (χ0n) is 17.9. The normalized spacial score (nSPS) is 14.3. The molecule has 2 N–H and O–H groups in total. The van der Waals surface area contributed by atoms with Gasteiger partial charge in [0.2, 0.25) is 5.91 Å². The Bertz CT molecular complexity index is 1120. The van der Waals surface area contributed by atoms with Gasteiger partial charge < -0.3 is 14.5 Å². The summed E-state index contributed by atoms with van der Waals surface area (Å²) in [5.41, 5.74) is 2.94. The molecule has 6 nitrogen and oxygen atoms in total. The summed E-state index contributed by atoms with van der Waals surface area (Å²) in [7, 11) is 0. The van der Waals surface area contributed by atoms with E-state index >= 15 is 0 Å². The van der Waals surface area contributed by atoms with E-state index in [1.807, 2.05) is 30.3 Å². The standard InChI is InChI=1S/C25H24ClN3O3S/c26-20-5-3-19(4-6-20)23-11-9-22(32-23)10-12-24(30)28-25(33)27-21-7-1-18(2-8-21)17-29-13-15-31-16-14-29/h1-12H,13-17H2,(H2,27,28,30,33). The molecule has 1 aliphatic heterocycles. The number of amides is 1. The van der Waals surface area contributed by atoms with Gasteiger partial charge in [0.1, 0.15) is 11.5 Å². The molecular weight excluding hydrogens is 458 g/mol. The van der Waals surface area contributed by atoms with Crippen LogP contribution >= 0.6 is 23.8 Å². The number of ether oxygens (including phenoxy) is 1. The SMILES string of the molecule is O=C(C=Cc1ccc(-c2ccc(Cl)cc2)o1)NC(=S)Nc1ccc(CN2CCOCC2)cc1. The number of benzene rings is 2. The van der Waals surface area contributed by atoms with Crippen LogP contribution in [-0.4, -0.2) is 42.2 Å². The molecule has 4 rings (SSSR count). The van der Waals surface area contributed by atoms with Crippen LogP contribution in [0.4, 0.5) is 5.69 Å². The van der Waals surface area contributed by atoms with Gasteiger partial charge in [0, 0.05) is 42.0 Å². The molecule has 8 heteroatoms. The van der Waals surface area contributed by atoms with E-state index in [1.54, 1.807) is 24.3 Å². The number of carbonyl (C=O) groups excluding carboxylic acids is 1. The molecule has 1 aliphatic rings. The molecule has 0 bridgehead atoms. The van der Waals surface area contributed by atoms with Gasteiger partial charge in [-0.2, -0.15) is 0 Å². The third kappa shape index (κ3) is 7.00. The lowest BCUT2D eigenvalue weighted by molar-refractivity contribution is -0.115. The van der Waals surface area contributed by atoms with Crippen molar-refractivity contribution in [2.75, 3.05) is 31.6 Å². The lowest BCUT2D eigenvalue weighted by atomic mass is 10.2. The summed E-state index contributed by atoms with van der Waals surface area (Å²) in [6, 6.07) is 19.0. The summed E-state index contributed by atoms with van der Waals surface area (Å²) in [4.78, 5) is 14.6. The monoisotopic (exact) mass is 481 g/mol. The van der Waals surface area contributed by atoms with E-state index in [0.29, 0.717) is 16.5 Å². The second-order valence-electron chi connectivity index (χ2n) is 7.57. The predicted octanol–water partition coefficient (Wildman–Crippen LogP) is 4.96. The van der Waals surface area contributed by atoms with Crippen molar-refractivity contribution in [3.05, 3.63) is 83.1 Å². The van der Waals surface area contributed by atoms with Crippen LogP contribution in [0.2, 0.25) is 5.02 Å². The van der Waals surface area contributed by atoms with Crippen LogP contribution in [0.25, 0.3) is 17.4 Å². The molecule has 2 aromatic carbocycles. The number of rotatable bonds is 6. The van der Waals surface area contributed by atoms with E-state index in [0.717, 1.165) is 44.1 Å². The fraction of sp³-hybridized carbons (Fsp3) is 0.200. The van der Waals surface area contributed by atoms with Crippen LogP contribution in [0.5, 0.6) is 0 Å². The van der Waals surface area contributed by atoms with E-state index in [1.165, 1.54) is 11.6 Å². The molecule has 1 saturated heterocycles. The van der Waals surface area contributed by atoms with Crippen molar-refractivity contribution in [2.45, 2.75) is 6.54 Å². The van der Waals surface area contributed by atoms with Gasteiger partial charge in [-0.3, -0.25) is 15.0 Å². The number of nitrogens with one attached hydrogen (secondary N) is 2. The highest BCUT2D eigenvalue weighted by molar-refractivity contribution is 7.80. The van der Waals surface area contributed by atoms with Crippen molar-refractivity contribution >= 4 is 46.6 Å². The summed E-state index contributed by atoms with van der Waals surface area (Å²) in [6.45, 7) is 4.35. The summed E-state index contributed by atoms with van der Waals surface area (Å²) in [5, 5.41) is 6.56. The number of thiocarbonyl (C=S) groups is 1. The first-order valence-electron chi connectivity index (χ1n) is 10.6. The van der Waals surface area contributed by atoms with E-state index in [-0.39, 0.29) is 11.0 Å². The first-order valence-corrected chi connectivity index (χ1v) is 11.4. The van der Waals surface area contributed by atoms with Crippen LogP contribution in [-0.2, 0) is 16.1 Å². The lowest BCUT2D eigenvalue weighted by Crippen LogP contribution is -2.35. The molecule has 1 amide bonds. The number of nitrogens with zero attached hydrogens (tertiary/aromatic N) is 1. The molecule has 0 radical (unpaired) electrons. The molecular formula is C25H24ClN3O3S. The Morgan fingerprint density at radius 1 is 1.03 bits per heavy atom. The molecule has 0 saturated carbocycles. The molecule has 1 fully saturated rings. The maximum Gasteiger partial charge on any atom is 0.250 e. The minimum Gasteiger partial charge on any atom is -0.457 e. The second-order valence-corrected chi connectivity index (χ2v) is 8.42. The number of hydrogen-bond donors (Lipinski definition) is 2. The molecule has 0 unspecified atom stereocenters. The van der Waals surface area contributed by atoms with E-state index < -0.39 is 0 Å². The Hall–Kier alpha value is -2.97. The van der Waals surface area contributed by atoms with Crippen molar-refractivity contribution in [2.24, 2.45) is 0 Å². The quantitative estimate of drug-likeness (QED) is 0.383. The Labute approximate surface area is 203 Å². The number of carbonyl (C=O) groups is 1. The van der Waals surface area contributed by atoms with Gasteiger partial charge in [0.05, 0.1) is 13.2 Å². The van der Waals surface area contributed by atoms with E-state index in [4.69, 9.17) is 33.0 Å². The largest absolute Gasteiger partial charge is 0.457 e. The third-order valence-electron chi connectivity index (χ3n) is 5.11. The molecule has 3 aromatic rings. The van der Waals surface area contributed by atoms with Crippen molar-refractivity contribution in [1.82, 2.24) is 10.2 Å². The zero-order chi connectivity index (χ0) is 23.0. The van der Waals surface area contributed by atoms with E-state index in [9.17, 15) is 4.79 Å². The van der Waals surface area contributed by atoms with Gasteiger partial charge >= 0.3 is 0 Å². The van der Waals surface area contributed by atoms with Gasteiger partial charge in [-0.05, 0) is 72.4 Å². The lowest BCUT2D eigenvalue weighted by Gasteiger charge is -2.26. The van der Waals surface area contributed by atoms with Crippen molar-refractivity contribution < 1.29 is 13.9 Å². The molecule has 0 aliphatic carbocycles. The average molecular weight is 482 g/mol. The van der Waals surface area contributed by atoms with Gasteiger partial charge in [0.15, 0.2) is 5.11 Å². The zero-order valence-corrected chi connectivity index (χ0v) is 19.5. The van der Waals surface area contributed by atoms with Crippen LogP contribution < -0.4 is 10.6 Å². The minimum absolute atomic E-state index is 0.229. The summed E-state index contributed by atoms with van der Waals surface area (Å²) in [5.74, 6) is 0.909. The van der Waals surface area contributed by atoms with Gasteiger partial charge in [0.25, 0.3) is 0 Å². The average Bonchev–Trinajstić information content (AvgIpc) is 3.29. The molecule has 33 heavy (non-hydrogen) atoms. The summed E-state index contributed by atoms with van der Waals surface area (Å²) < 4.78 is 11.1. The smallest absolute Gasteiger partial charge is 0.250 e. The molecule has 0 atom stereocenters. The van der Waals surface area contributed by atoms with Crippen LogP contribution in [0.1, 0.15) is 11.3 Å². The van der Waals surface area contributed by atoms with Crippen LogP contribution in [0, 0.1) is 0 Å². The fourth-order valence-corrected chi connectivity index (χ4v) is 3.74. The third-order valence-corrected chi connectivity index (χ3v) is 5.57. The first kappa shape index (κ1) is 23.2. The Balaban J connectivity index is 1.25. The molecule has 1 aromatic heterocycles. The number of anilines is 1. The highest BCUT2D eigenvalue weighted by Crippen LogP contribution is 2.24. The Morgan fingerprint density at radius 3 is 2.48 bits per heavy atom. The highest BCUT2D eigenvalue weighted by Gasteiger charge is 2.10.